The molecule has 2 heteroatoms. The summed E-state index contributed by atoms with van der Waals surface area (Å²) in [5.41, 5.74) is 1.68. The van der Waals surface area contributed by atoms with Gasteiger partial charge in [-0.1, -0.05) is 38.0 Å². The number of hydrogen-bond acceptors (Lipinski definition) is 0. The van der Waals surface area contributed by atoms with Gasteiger partial charge in [0.15, 0.2) is 0 Å². The normalized spacial score (nSPS) is 27.4. The maximum Gasteiger partial charge on any atom is 0.131 e. The molecule has 156 valence electrons. The van der Waals surface area contributed by atoms with Gasteiger partial charge in [-0.2, -0.15) is 0 Å². The van der Waals surface area contributed by atoms with Crippen LogP contribution in [0.3, 0.4) is 0 Å². The zero-order valence-corrected chi connectivity index (χ0v) is 17.9. The fraction of sp³-hybridized carbons (Fsp3) is 0.556. The third-order valence-corrected chi connectivity index (χ3v) is 7.65. The summed E-state index contributed by atoms with van der Waals surface area (Å²) < 4.78 is 29.9. The van der Waals surface area contributed by atoms with Crippen LogP contribution < -0.4 is 0 Å². The van der Waals surface area contributed by atoms with E-state index in [1.54, 1.807) is 12.1 Å². The van der Waals surface area contributed by atoms with Crippen LogP contribution in [-0.4, -0.2) is 0 Å². The molecule has 0 radical (unpaired) electrons. The van der Waals surface area contributed by atoms with Crippen LogP contribution in [0.1, 0.15) is 82.3 Å². The molecule has 0 nitrogen and oxygen atoms in total. The third kappa shape index (κ3) is 4.42. The van der Waals surface area contributed by atoms with Crippen molar-refractivity contribution < 1.29 is 8.78 Å². The summed E-state index contributed by atoms with van der Waals surface area (Å²) in [6.45, 7) is 4.29. The Morgan fingerprint density at radius 3 is 2.52 bits per heavy atom. The molecule has 0 bridgehead atoms. The summed E-state index contributed by atoms with van der Waals surface area (Å²) in [6.07, 6.45) is 14.3. The standard InChI is InChI=1S/C27H34F2/c1-3-5-6-7-19-13-23-16-27(29)24(17-25(23)26(28)14-19)22-11-10-20-12-18(4-2)8-9-21(20)15-22/h3,5,13-14,16-18,20-22H,4,6-12,15H2,1-2H3/b5-3+. The summed E-state index contributed by atoms with van der Waals surface area (Å²) in [4.78, 5) is 0. The van der Waals surface area contributed by atoms with E-state index in [1.165, 1.54) is 32.1 Å². The Hall–Kier alpha value is -1.70. The van der Waals surface area contributed by atoms with Crippen LogP contribution in [-0.2, 0) is 6.42 Å². The minimum atomic E-state index is -0.212. The van der Waals surface area contributed by atoms with Crippen molar-refractivity contribution in [3.05, 3.63) is 59.2 Å². The molecular weight excluding hydrogens is 362 g/mol. The van der Waals surface area contributed by atoms with E-state index in [4.69, 9.17) is 0 Å². The summed E-state index contributed by atoms with van der Waals surface area (Å²) in [5, 5.41) is 1.27. The van der Waals surface area contributed by atoms with Crippen molar-refractivity contribution >= 4 is 10.8 Å². The molecule has 2 aromatic carbocycles. The van der Waals surface area contributed by atoms with Crippen LogP contribution in [0.4, 0.5) is 8.78 Å². The van der Waals surface area contributed by atoms with Gasteiger partial charge in [-0.3, -0.25) is 0 Å². The Kier molecular flexibility index (Phi) is 6.37. The molecule has 4 unspecified atom stereocenters. The van der Waals surface area contributed by atoms with Crippen LogP contribution in [0, 0.1) is 29.4 Å². The predicted octanol–water partition coefficient (Wildman–Crippen LogP) is 8.34. The monoisotopic (exact) mass is 396 g/mol. The van der Waals surface area contributed by atoms with Crippen molar-refractivity contribution in [1.82, 2.24) is 0 Å². The molecule has 0 amide bonds. The second-order valence-corrected chi connectivity index (χ2v) is 9.40. The molecule has 0 aliphatic heterocycles. The zero-order chi connectivity index (χ0) is 20.4. The van der Waals surface area contributed by atoms with E-state index in [0.29, 0.717) is 10.8 Å². The fourth-order valence-corrected chi connectivity index (χ4v) is 5.93. The van der Waals surface area contributed by atoms with Gasteiger partial charge < -0.3 is 0 Å². The van der Waals surface area contributed by atoms with E-state index >= 15 is 4.39 Å². The minimum absolute atomic E-state index is 0.145. The molecule has 4 atom stereocenters. The Morgan fingerprint density at radius 1 is 0.931 bits per heavy atom. The Morgan fingerprint density at radius 2 is 1.72 bits per heavy atom. The van der Waals surface area contributed by atoms with E-state index in [0.717, 1.165) is 54.6 Å². The first-order valence-corrected chi connectivity index (χ1v) is 11.6. The lowest BCUT2D eigenvalue weighted by molar-refractivity contribution is 0.115. The van der Waals surface area contributed by atoms with E-state index in [2.05, 4.69) is 13.0 Å². The van der Waals surface area contributed by atoms with Crippen molar-refractivity contribution in [3.63, 3.8) is 0 Å². The van der Waals surface area contributed by atoms with Gasteiger partial charge >= 0.3 is 0 Å². The van der Waals surface area contributed by atoms with Crippen molar-refractivity contribution in [3.8, 4) is 0 Å². The summed E-state index contributed by atoms with van der Waals surface area (Å²) >= 11 is 0. The van der Waals surface area contributed by atoms with Crippen LogP contribution in [0.15, 0.2) is 36.4 Å². The highest BCUT2D eigenvalue weighted by Gasteiger charge is 2.36. The van der Waals surface area contributed by atoms with Gasteiger partial charge in [-0.15, -0.1) is 0 Å². The number of hydrogen-bond donors (Lipinski definition) is 0. The second kappa shape index (κ2) is 8.98. The number of fused-ring (bicyclic) bond motifs is 2. The highest BCUT2D eigenvalue weighted by Crippen LogP contribution is 2.48. The molecule has 2 aliphatic rings. The first-order valence-electron chi connectivity index (χ1n) is 11.6. The molecule has 0 heterocycles. The summed E-state index contributed by atoms with van der Waals surface area (Å²) in [7, 11) is 0. The van der Waals surface area contributed by atoms with Crippen molar-refractivity contribution in [2.45, 2.75) is 77.6 Å². The highest BCUT2D eigenvalue weighted by atomic mass is 19.1. The minimum Gasteiger partial charge on any atom is -0.207 e. The molecule has 2 aliphatic carbocycles. The second-order valence-electron chi connectivity index (χ2n) is 9.40. The predicted molar refractivity (Wildman–Crippen MR) is 118 cm³/mol. The van der Waals surface area contributed by atoms with Gasteiger partial charge in [-0.25, -0.2) is 8.78 Å². The quantitative estimate of drug-likeness (QED) is 0.446. The summed E-state index contributed by atoms with van der Waals surface area (Å²) in [6, 6.07) is 6.99. The molecule has 0 spiro atoms. The van der Waals surface area contributed by atoms with Crippen molar-refractivity contribution in [1.29, 1.82) is 0 Å². The number of halogens is 2. The molecule has 0 aromatic heterocycles. The van der Waals surface area contributed by atoms with Gasteiger partial charge in [0.25, 0.3) is 0 Å². The maximum atomic E-state index is 15.1. The average Bonchev–Trinajstić information content (AvgIpc) is 2.73. The lowest BCUT2D eigenvalue weighted by Gasteiger charge is -2.42. The van der Waals surface area contributed by atoms with Gasteiger partial charge in [0, 0.05) is 5.39 Å². The molecule has 2 fully saturated rings. The van der Waals surface area contributed by atoms with Crippen molar-refractivity contribution in [2.24, 2.45) is 17.8 Å². The topological polar surface area (TPSA) is 0 Å². The number of rotatable bonds is 5. The molecule has 2 aromatic rings. The van der Waals surface area contributed by atoms with Gasteiger partial charge in [0.05, 0.1) is 0 Å². The summed E-state index contributed by atoms with van der Waals surface area (Å²) in [5.74, 6) is 2.33. The highest BCUT2D eigenvalue weighted by molar-refractivity contribution is 5.85. The molecule has 4 rings (SSSR count). The van der Waals surface area contributed by atoms with Crippen LogP contribution in [0.2, 0.25) is 0 Å². The van der Waals surface area contributed by atoms with E-state index in [1.807, 2.05) is 25.1 Å². The Balaban J connectivity index is 1.56. The maximum absolute atomic E-state index is 15.1. The first kappa shape index (κ1) is 20.6. The van der Waals surface area contributed by atoms with Gasteiger partial charge in [-0.05, 0) is 110 Å². The molecular formula is C27H34F2. The molecule has 0 N–H and O–H groups in total. The first-order chi connectivity index (χ1) is 14.1. The lowest BCUT2D eigenvalue weighted by atomic mass is 9.63. The number of aryl methyl sites for hydroxylation is 1. The third-order valence-electron chi connectivity index (χ3n) is 7.65. The van der Waals surface area contributed by atoms with Gasteiger partial charge in [0.2, 0.25) is 0 Å². The SMILES string of the molecule is C/C=C/CCc1cc(F)c2cc(C3CCC4CC(CC)CCC4C3)c(F)cc2c1. The molecule has 29 heavy (non-hydrogen) atoms. The smallest absolute Gasteiger partial charge is 0.131 e. The Bertz CT molecular complexity index is 882. The molecule has 2 saturated carbocycles. The van der Waals surface area contributed by atoms with E-state index < -0.39 is 0 Å². The van der Waals surface area contributed by atoms with Crippen LogP contribution in [0.25, 0.3) is 10.8 Å². The average molecular weight is 397 g/mol. The van der Waals surface area contributed by atoms with E-state index in [9.17, 15) is 4.39 Å². The van der Waals surface area contributed by atoms with Gasteiger partial charge in [0.1, 0.15) is 11.6 Å². The lowest BCUT2D eigenvalue weighted by Crippen LogP contribution is -2.30. The van der Waals surface area contributed by atoms with Crippen LogP contribution in [0.5, 0.6) is 0 Å². The van der Waals surface area contributed by atoms with E-state index in [-0.39, 0.29) is 17.6 Å². The fourth-order valence-electron chi connectivity index (χ4n) is 5.93. The number of benzene rings is 2. The number of allylic oxidation sites excluding steroid dienone is 2. The van der Waals surface area contributed by atoms with Crippen LogP contribution >= 0.6 is 0 Å². The Labute approximate surface area is 174 Å². The largest absolute Gasteiger partial charge is 0.207 e. The zero-order valence-electron chi connectivity index (χ0n) is 17.9. The van der Waals surface area contributed by atoms with Crippen molar-refractivity contribution in [2.75, 3.05) is 0 Å². The molecule has 0 saturated heterocycles.